The number of hydrogen-bond acceptors (Lipinski definition) is 2. The second-order valence-corrected chi connectivity index (χ2v) is 5.98. The maximum Gasteiger partial charge on any atom is 0.255 e. The normalized spacial score (nSPS) is 10.2. The predicted octanol–water partition coefficient (Wildman–Crippen LogP) is 4.78. The van der Waals surface area contributed by atoms with Gasteiger partial charge in [-0.1, -0.05) is 22.0 Å². The number of benzene rings is 2. The Morgan fingerprint density at radius 1 is 1.10 bits per heavy atom. The van der Waals surface area contributed by atoms with Crippen LogP contribution in [0.3, 0.4) is 0 Å². The molecule has 1 N–H and O–H groups in total. The summed E-state index contributed by atoms with van der Waals surface area (Å²) >= 11 is 6.80. The van der Waals surface area contributed by atoms with Gasteiger partial charge in [0.05, 0.1) is 11.6 Å². The molecule has 0 radical (unpaired) electrons. The Morgan fingerprint density at radius 2 is 1.85 bits per heavy atom. The molecular formula is C15H13Br2NO2. The second kappa shape index (κ2) is 6.41. The largest absolute Gasteiger partial charge is 0.495 e. The van der Waals surface area contributed by atoms with E-state index in [0.717, 1.165) is 14.5 Å². The van der Waals surface area contributed by atoms with Crippen molar-refractivity contribution < 1.29 is 9.53 Å². The Kier molecular flexibility index (Phi) is 4.83. The maximum absolute atomic E-state index is 12.2. The topological polar surface area (TPSA) is 38.3 Å². The lowest BCUT2D eigenvalue weighted by atomic mass is 10.1. The number of anilines is 1. The summed E-state index contributed by atoms with van der Waals surface area (Å²) in [4.78, 5) is 12.2. The SMILES string of the molecule is COc1cc(NC(=O)c2ccc(C)c(Br)c2)ccc1Br. The average molecular weight is 399 g/mol. The zero-order valence-corrected chi connectivity index (χ0v) is 14.2. The number of hydrogen-bond donors (Lipinski definition) is 1. The van der Waals surface area contributed by atoms with Gasteiger partial charge in [0.15, 0.2) is 0 Å². The van der Waals surface area contributed by atoms with Gasteiger partial charge in [-0.2, -0.15) is 0 Å². The van der Waals surface area contributed by atoms with Gasteiger partial charge in [-0.3, -0.25) is 4.79 Å². The van der Waals surface area contributed by atoms with Crippen LogP contribution in [0.25, 0.3) is 0 Å². The smallest absolute Gasteiger partial charge is 0.255 e. The lowest BCUT2D eigenvalue weighted by molar-refractivity contribution is 0.102. The number of ether oxygens (including phenoxy) is 1. The molecule has 0 aromatic heterocycles. The molecule has 5 heteroatoms. The highest BCUT2D eigenvalue weighted by Crippen LogP contribution is 2.28. The molecule has 0 aliphatic rings. The van der Waals surface area contributed by atoms with Crippen LogP contribution in [0.4, 0.5) is 5.69 Å². The summed E-state index contributed by atoms with van der Waals surface area (Å²) in [7, 11) is 1.59. The molecule has 3 nitrogen and oxygen atoms in total. The van der Waals surface area contributed by atoms with Gasteiger partial charge in [0.25, 0.3) is 5.91 Å². The standard InChI is InChI=1S/C15H13Br2NO2/c1-9-3-4-10(7-13(9)17)15(19)18-11-5-6-12(16)14(8-11)20-2/h3-8H,1-2H3,(H,18,19). The molecule has 0 heterocycles. The van der Waals surface area contributed by atoms with Gasteiger partial charge >= 0.3 is 0 Å². The maximum atomic E-state index is 12.2. The van der Waals surface area contributed by atoms with Crippen molar-refractivity contribution in [3.8, 4) is 5.75 Å². The second-order valence-electron chi connectivity index (χ2n) is 4.27. The average Bonchev–Trinajstić information content (AvgIpc) is 2.43. The van der Waals surface area contributed by atoms with Gasteiger partial charge in [0.1, 0.15) is 5.75 Å². The molecule has 0 aliphatic heterocycles. The van der Waals surface area contributed by atoms with Gasteiger partial charge in [-0.25, -0.2) is 0 Å². The van der Waals surface area contributed by atoms with Crippen LogP contribution in [-0.2, 0) is 0 Å². The van der Waals surface area contributed by atoms with Crippen LogP contribution >= 0.6 is 31.9 Å². The lowest BCUT2D eigenvalue weighted by Gasteiger charge is -2.09. The number of halogens is 2. The summed E-state index contributed by atoms with van der Waals surface area (Å²) in [5.41, 5.74) is 2.38. The summed E-state index contributed by atoms with van der Waals surface area (Å²) < 4.78 is 6.96. The number of aryl methyl sites for hydroxylation is 1. The van der Waals surface area contributed by atoms with Crippen LogP contribution in [0.1, 0.15) is 15.9 Å². The van der Waals surface area contributed by atoms with E-state index in [1.54, 1.807) is 25.3 Å². The number of amides is 1. The molecule has 0 atom stereocenters. The van der Waals surface area contributed by atoms with E-state index in [4.69, 9.17) is 4.74 Å². The lowest BCUT2D eigenvalue weighted by Crippen LogP contribution is -2.12. The molecule has 2 aromatic rings. The van der Waals surface area contributed by atoms with Crippen molar-refractivity contribution in [2.45, 2.75) is 6.92 Å². The first kappa shape index (κ1) is 15.1. The van der Waals surface area contributed by atoms with E-state index in [9.17, 15) is 4.79 Å². The van der Waals surface area contributed by atoms with Crippen LogP contribution in [0.5, 0.6) is 5.75 Å². The van der Waals surface area contributed by atoms with Crippen LogP contribution in [-0.4, -0.2) is 13.0 Å². The van der Waals surface area contributed by atoms with Gasteiger partial charge in [-0.05, 0) is 52.7 Å². The van der Waals surface area contributed by atoms with E-state index in [1.807, 2.05) is 25.1 Å². The first-order valence-corrected chi connectivity index (χ1v) is 7.51. The number of rotatable bonds is 3. The molecule has 2 aromatic carbocycles. The molecule has 0 spiro atoms. The van der Waals surface area contributed by atoms with Crippen molar-refractivity contribution in [3.63, 3.8) is 0 Å². The van der Waals surface area contributed by atoms with E-state index >= 15 is 0 Å². The minimum atomic E-state index is -0.157. The van der Waals surface area contributed by atoms with Crippen molar-refractivity contribution in [1.29, 1.82) is 0 Å². The van der Waals surface area contributed by atoms with E-state index in [1.165, 1.54) is 0 Å². The summed E-state index contributed by atoms with van der Waals surface area (Å²) in [6.45, 7) is 1.98. The van der Waals surface area contributed by atoms with E-state index in [0.29, 0.717) is 17.0 Å². The fourth-order valence-corrected chi connectivity index (χ4v) is 2.46. The monoisotopic (exact) mass is 397 g/mol. The number of carbonyl (C=O) groups is 1. The minimum absolute atomic E-state index is 0.157. The Balaban J connectivity index is 2.21. The predicted molar refractivity (Wildman–Crippen MR) is 87.5 cm³/mol. The molecule has 0 saturated heterocycles. The van der Waals surface area contributed by atoms with Crippen molar-refractivity contribution >= 4 is 43.5 Å². The fourth-order valence-electron chi connectivity index (χ4n) is 1.67. The molecule has 0 saturated carbocycles. The van der Waals surface area contributed by atoms with E-state index in [2.05, 4.69) is 37.2 Å². The summed E-state index contributed by atoms with van der Waals surface area (Å²) in [5.74, 6) is 0.517. The molecule has 0 bridgehead atoms. The number of methoxy groups -OCH3 is 1. The number of nitrogens with one attached hydrogen (secondary N) is 1. The van der Waals surface area contributed by atoms with Crippen LogP contribution in [0.15, 0.2) is 45.3 Å². The van der Waals surface area contributed by atoms with Crippen LogP contribution in [0.2, 0.25) is 0 Å². The van der Waals surface area contributed by atoms with Crippen molar-refractivity contribution in [2.24, 2.45) is 0 Å². The summed E-state index contributed by atoms with van der Waals surface area (Å²) in [6.07, 6.45) is 0. The highest BCUT2D eigenvalue weighted by Gasteiger charge is 2.09. The zero-order valence-electron chi connectivity index (χ0n) is 11.0. The summed E-state index contributed by atoms with van der Waals surface area (Å²) in [6, 6.07) is 10.9. The van der Waals surface area contributed by atoms with E-state index in [-0.39, 0.29) is 5.91 Å². The van der Waals surface area contributed by atoms with Gasteiger partial charge in [0.2, 0.25) is 0 Å². The molecule has 0 unspecified atom stereocenters. The van der Waals surface area contributed by atoms with Crippen LogP contribution < -0.4 is 10.1 Å². The molecule has 1 amide bonds. The Bertz CT molecular complexity index is 656. The molecule has 2 rings (SSSR count). The highest BCUT2D eigenvalue weighted by molar-refractivity contribution is 9.10. The third-order valence-electron chi connectivity index (χ3n) is 2.84. The molecule has 0 aliphatic carbocycles. The van der Waals surface area contributed by atoms with E-state index < -0.39 is 0 Å². The number of carbonyl (C=O) groups excluding carboxylic acids is 1. The first-order chi connectivity index (χ1) is 9.51. The minimum Gasteiger partial charge on any atom is -0.495 e. The molecule has 0 fully saturated rings. The highest BCUT2D eigenvalue weighted by atomic mass is 79.9. The van der Waals surface area contributed by atoms with Crippen molar-refractivity contribution in [2.75, 3.05) is 12.4 Å². The zero-order chi connectivity index (χ0) is 14.7. The van der Waals surface area contributed by atoms with Gasteiger partial charge in [-0.15, -0.1) is 0 Å². The van der Waals surface area contributed by atoms with Gasteiger partial charge in [0, 0.05) is 21.8 Å². The van der Waals surface area contributed by atoms with Gasteiger partial charge < -0.3 is 10.1 Å². The van der Waals surface area contributed by atoms with Crippen LogP contribution in [0, 0.1) is 6.92 Å². The third-order valence-corrected chi connectivity index (χ3v) is 4.35. The fraction of sp³-hybridized carbons (Fsp3) is 0.133. The van der Waals surface area contributed by atoms with Crippen molar-refractivity contribution in [1.82, 2.24) is 0 Å². The molecule has 104 valence electrons. The third kappa shape index (κ3) is 3.41. The Labute approximate surface area is 134 Å². The molecule has 20 heavy (non-hydrogen) atoms. The quantitative estimate of drug-likeness (QED) is 0.807. The Hall–Kier alpha value is -1.33. The summed E-state index contributed by atoms with van der Waals surface area (Å²) in [5, 5.41) is 2.85. The Morgan fingerprint density at radius 3 is 2.50 bits per heavy atom. The molecular weight excluding hydrogens is 386 g/mol. The first-order valence-electron chi connectivity index (χ1n) is 5.92. The van der Waals surface area contributed by atoms with Crippen molar-refractivity contribution in [3.05, 3.63) is 56.5 Å².